The summed E-state index contributed by atoms with van der Waals surface area (Å²) in [6.45, 7) is 0. The number of aromatic amines is 2. The Morgan fingerprint density at radius 3 is 1.45 bits per heavy atom. The van der Waals surface area contributed by atoms with Gasteiger partial charge in [-0.05, 0) is 12.1 Å². The van der Waals surface area contributed by atoms with Gasteiger partial charge in [0.15, 0.2) is 23.3 Å². The molecule has 4 aromatic heterocycles. The summed E-state index contributed by atoms with van der Waals surface area (Å²) in [6, 6.07) is 19.4. The van der Waals surface area contributed by atoms with E-state index in [0.29, 0.717) is 56.6 Å². The molecule has 0 fully saturated rings. The number of nitrogens with zero attached hydrogens (tertiary/aromatic N) is 7. The standard InChI is InChI=1S/C31H13Cl4N9/c32-19-17-18(20(33)22(35)21(19)34)30-43-29(17)41-27-15-9-4-3-8-14(15)25(39-27)37-24-12-6-1-2-7-13(12)26(38-24)40-28-16-10-5-11-36-23(16)31(42-28)44-30/h1-11H,(H2,37,38,39,40,41,42,43,44). The van der Waals surface area contributed by atoms with Crippen molar-refractivity contribution >= 4 is 90.5 Å². The van der Waals surface area contributed by atoms with E-state index in [0.717, 1.165) is 21.5 Å². The molecule has 3 aromatic carbocycles. The zero-order chi connectivity index (χ0) is 29.7. The molecule has 0 atom stereocenters. The number of benzene rings is 3. The first-order valence-corrected chi connectivity index (χ1v) is 14.8. The first-order chi connectivity index (χ1) is 21.5. The second-order valence-corrected chi connectivity index (χ2v) is 11.6. The van der Waals surface area contributed by atoms with E-state index >= 15 is 0 Å². The predicted molar refractivity (Wildman–Crippen MR) is 174 cm³/mol. The van der Waals surface area contributed by atoms with Crippen molar-refractivity contribution in [2.45, 2.75) is 0 Å². The second-order valence-electron chi connectivity index (χ2n) is 10.1. The summed E-state index contributed by atoms with van der Waals surface area (Å²) in [7, 11) is 0. The van der Waals surface area contributed by atoms with Gasteiger partial charge in [-0.2, -0.15) is 0 Å². The fourth-order valence-electron chi connectivity index (χ4n) is 5.63. The second kappa shape index (κ2) is 9.41. The summed E-state index contributed by atoms with van der Waals surface area (Å²) in [5, 5.41) is 3.94. The van der Waals surface area contributed by atoms with Crippen LogP contribution in [0.5, 0.6) is 0 Å². The third-order valence-corrected chi connectivity index (χ3v) is 9.42. The van der Waals surface area contributed by atoms with E-state index in [2.05, 4.69) is 15.0 Å². The number of pyridine rings is 1. The first-order valence-electron chi connectivity index (χ1n) is 13.3. The van der Waals surface area contributed by atoms with Gasteiger partial charge in [-0.3, -0.25) is 4.98 Å². The first kappa shape index (κ1) is 25.8. The van der Waals surface area contributed by atoms with Gasteiger partial charge in [-0.1, -0.05) is 94.9 Å². The Morgan fingerprint density at radius 1 is 0.432 bits per heavy atom. The number of rotatable bonds is 0. The maximum atomic E-state index is 6.78. The number of halogens is 4. The van der Waals surface area contributed by atoms with Gasteiger partial charge in [0.05, 0.1) is 31.2 Å². The van der Waals surface area contributed by atoms with Crippen molar-refractivity contribution in [3.63, 3.8) is 0 Å². The lowest BCUT2D eigenvalue weighted by Gasteiger charge is -2.09. The molecule has 2 aliphatic heterocycles. The summed E-state index contributed by atoms with van der Waals surface area (Å²) < 4.78 is 0. The Bertz CT molecular complexity index is 2580. The van der Waals surface area contributed by atoms with Crippen LogP contribution in [-0.2, 0) is 0 Å². The quantitative estimate of drug-likeness (QED) is 0.124. The molecule has 9 rings (SSSR count). The molecule has 6 heterocycles. The number of nitrogens with one attached hydrogen (secondary N) is 2. The molecule has 9 nitrogen and oxygen atoms in total. The van der Waals surface area contributed by atoms with Crippen LogP contribution in [0.25, 0.3) is 89.8 Å². The number of hydrogen-bond acceptors (Lipinski definition) is 7. The molecule has 13 heteroatoms. The summed E-state index contributed by atoms with van der Waals surface area (Å²) in [4.78, 5) is 40.6. The third-order valence-electron chi connectivity index (χ3n) is 7.62. The van der Waals surface area contributed by atoms with Crippen LogP contribution >= 0.6 is 46.4 Å². The maximum absolute atomic E-state index is 6.78. The van der Waals surface area contributed by atoms with Crippen LogP contribution in [0.1, 0.15) is 0 Å². The van der Waals surface area contributed by atoms with Crippen molar-refractivity contribution in [3.05, 3.63) is 87.0 Å². The van der Waals surface area contributed by atoms with Crippen LogP contribution in [0.2, 0.25) is 20.1 Å². The van der Waals surface area contributed by atoms with Crippen LogP contribution in [0, 0.1) is 0 Å². The average Bonchev–Trinajstić information content (AvgIpc) is 3.78. The Labute approximate surface area is 267 Å². The molecule has 0 aliphatic carbocycles. The highest BCUT2D eigenvalue weighted by Gasteiger charge is 2.31. The molecule has 44 heavy (non-hydrogen) atoms. The minimum atomic E-state index is 0.0851. The Balaban J connectivity index is 1.53. The van der Waals surface area contributed by atoms with Crippen molar-refractivity contribution in [2.75, 3.05) is 0 Å². The lowest BCUT2D eigenvalue weighted by Crippen LogP contribution is -1.89. The summed E-state index contributed by atoms with van der Waals surface area (Å²) in [5.74, 6) is 1.18. The fraction of sp³-hybridized carbons (Fsp3) is 0. The fourth-order valence-corrected chi connectivity index (χ4v) is 6.65. The molecule has 0 radical (unpaired) electrons. The monoisotopic (exact) mass is 651 g/mol. The predicted octanol–water partition coefficient (Wildman–Crippen LogP) is 8.88. The molecule has 210 valence electrons. The van der Waals surface area contributed by atoms with Gasteiger partial charge in [-0.25, -0.2) is 29.9 Å². The lowest BCUT2D eigenvalue weighted by molar-refractivity contribution is 1.15. The van der Waals surface area contributed by atoms with Crippen molar-refractivity contribution in [1.29, 1.82) is 0 Å². The van der Waals surface area contributed by atoms with Crippen LogP contribution in [0.3, 0.4) is 0 Å². The highest BCUT2D eigenvalue weighted by atomic mass is 35.5. The number of hydrogen-bond donors (Lipinski definition) is 2. The SMILES string of the molecule is Clc1c(Cl)c(Cl)c2c(c1Cl)-c1nc3nc(nc4[nH]c(nc5[nH]c(nc-2n1)c1ccccc51)c1ccccc41)-c1cccnc1-3. The van der Waals surface area contributed by atoms with Crippen molar-refractivity contribution in [3.8, 4) is 45.7 Å². The van der Waals surface area contributed by atoms with Gasteiger partial charge >= 0.3 is 0 Å². The minimum absolute atomic E-state index is 0.0851. The lowest BCUT2D eigenvalue weighted by atomic mass is 10.1. The average molecular weight is 653 g/mol. The molecule has 7 aromatic rings. The molecule has 2 N–H and O–H groups in total. The topological polar surface area (TPSA) is 122 Å². The molecule has 0 saturated carbocycles. The highest BCUT2D eigenvalue weighted by molar-refractivity contribution is 6.54. The van der Waals surface area contributed by atoms with Gasteiger partial charge in [0.1, 0.15) is 28.3 Å². The van der Waals surface area contributed by atoms with Gasteiger partial charge in [0.2, 0.25) is 0 Å². The van der Waals surface area contributed by atoms with E-state index in [9.17, 15) is 0 Å². The Hall–Kier alpha value is -4.67. The zero-order valence-corrected chi connectivity index (χ0v) is 25.0. The van der Waals surface area contributed by atoms with E-state index in [-0.39, 0.29) is 31.7 Å². The summed E-state index contributed by atoms with van der Waals surface area (Å²) >= 11 is 26.6. The molecule has 0 unspecified atom stereocenters. The normalized spacial score (nSPS) is 12.1. The van der Waals surface area contributed by atoms with E-state index < -0.39 is 0 Å². The van der Waals surface area contributed by atoms with Gasteiger partial charge in [0.25, 0.3) is 0 Å². The molecule has 0 saturated heterocycles. The Morgan fingerprint density at radius 2 is 0.886 bits per heavy atom. The molecule has 0 spiro atoms. The zero-order valence-electron chi connectivity index (χ0n) is 22.0. The summed E-state index contributed by atoms with van der Waals surface area (Å²) in [6.07, 6.45) is 1.67. The molecular formula is C31H13Cl4N9. The number of aromatic nitrogens is 9. The van der Waals surface area contributed by atoms with E-state index in [1.807, 2.05) is 60.7 Å². The van der Waals surface area contributed by atoms with E-state index in [4.69, 9.17) is 76.3 Å². The maximum Gasteiger partial charge on any atom is 0.183 e. The highest BCUT2D eigenvalue weighted by Crippen LogP contribution is 2.51. The van der Waals surface area contributed by atoms with Crippen LogP contribution in [0.15, 0.2) is 66.9 Å². The van der Waals surface area contributed by atoms with Gasteiger partial charge < -0.3 is 9.97 Å². The van der Waals surface area contributed by atoms with Crippen LogP contribution in [0.4, 0.5) is 0 Å². The van der Waals surface area contributed by atoms with E-state index in [1.165, 1.54) is 0 Å². The summed E-state index contributed by atoms with van der Waals surface area (Å²) in [5.41, 5.74) is 4.36. The largest absolute Gasteiger partial charge is 0.324 e. The van der Waals surface area contributed by atoms with Crippen molar-refractivity contribution in [2.24, 2.45) is 0 Å². The third kappa shape index (κ3) is 3.64. The minimum Gasteiger partial charge on any atom is -0.324 e. The number of fused-ring (bicyclic) bond motifs is 20. The molecule has 0 amide bonds. The number of H-pyrrole nitrogens is 2. The Kier molecular flexibility index (Phi) is 5.52. The van der Waals surface area contributed by atoms with Gasteiger partial charge in [0, 0.05) is 33.3 Å². The molecule has 2 aliphatic rings. The van der Waals surface area contributed by atoms with Gasteiger partial charge in [-0.15, -0.1) is 0 Å². The van der Waals surface area contributed by atoms with Crippen molar-refractivity contribution < 1.29 is 0 Å². The smallest absolute Gasteiger partial charge is 0.183 e. The van der Waals surface area contributed by atoms with E-state index in [1.54, 1.807) is 6.20 Å². The van der Waals surface area contributed by atoms with Crippen LogP contribution < -0.4 is 0 Å². The van der Waals surface area contributed by atoms with Crippen molar-refractivity contribution in [1.82, 2.24) is 44.9 Å². The molecular weight excluding hydrogens is 640 g/mol. The molecule has 8 bridgehead atoms. The van der Waals surface area contributed by atoms with Crippen LogP contribution in [-0.4, -0.2) is 44.9 Å².